The molecule has 0 unspecified atom stereocenters. The first-order valence-corrected chi connectivity index (χ1v) is 7.75. The molecule has 1 fully saturated rings. The van der Waals surface area contributed by atoms with Crippen LogP contribution in [0.25, 0.3) is 5.69 Å². The van der Waals surface area contributed by atoms with Crippen LogP contribution in [0, 0.1) is 6.92 Å². The molecular weight excluding hydrogens is 296 g/mol. The topological polar surface area (TPSA) is 33.1 Å². The van der Waals surface area contributed by atoms with Gasteiger partial charge in [-0.1, -0.05) is 18.2 Å². The highest BCUT2D eigenvalue weighted by molar-refractivity contribution is 5.85. The number of nitrogens with one attached hydrogen (secondary N) is 1. The van der Waals surface area contributed by atoms with Crippen LogP contribution >= 0.6 is 12.4 Å². The fourth-order valence-electron chi connectivity index (χ4n) is 3.10. The molecule has 1 aliphatic heterocycles. The zero-order valence-corrected chi connectivity index (χ0v) is 14.1. The van der Waals surface area contributed by atoms with E-state index >= 15 is 0 Å². The van der Waals surface area contributed by atoms with Crippen LogP contribution in [0.15, 0.2) is 36.5 Å². The van der Waals surface area contributed by atoms with E-state index in [2.05, 4.69) is 64.3 Å². The first kappa shape index (κ1) is 17.0. The fourth-order valence-corrected chi connectivity index (χ4v) is 3.10. The van der Waals surface area contributed by atoms with Gasteiger partial charge in [-0.05, 0) is 57.6 Å². The van der Waals surface area contributed by atoms with Crippen molar-refractivity contribution in [2.75, 3.05) is 20.1 Å². The maximum atomic E-state index is 4.52. The first-order chi connectivity index (χ1) is 10.3. The minimum absolute atomic E-state index is 0. The van der Waals surface area contributed by atoms with E-state index in [0.29, 0.717) is 6.04 Å². The van der Waals surface area contributed by atoms with Gasteiger partial charge in [0.25, 0.3) is 0 Å². The lowest BCUT2D eigenvalue weighted by Crippen LogP contribution is -2.41. The number of aromatic nitrogens is 2. The number of para-hydroxylation sites is 1. The largest absolute Gasteiger partial charge is 0.317 e. The van der Waals surface area contributed by atoms with Gasteiger partial charge in [-0.2, -0.15) is 5.10 Å². The van der Waals surface area contributed by atoms with Gasteiger partial charge in [0, 0.05) is 18.8 Å². The second-order valence-electron chi connectivity index (χ2n) is 5.92. The predicted molar refractivity (Wildman–Crippen MR) is 92.9 cm³/mol. The number of aryl methyl sites for hydroxylation is 1. The molecule has 1 saturated heterocycles. The van der Waals surface area contributed by atoms with Crippen molar-refractivity contribution < 1.29 is 0 Å². The summed E-state index contributed by atoms with van der Waals surface area (Å²) in [6.07, 6.45) is 4.36. The molecule has 0 saturated carbocycles. The Balaban J connectivity index is 0.00000176. The number of nitrogens with zero attached hydrogens (tertiary/aromatic N) is 3. The van der Waals surface area contributed by atoms with Crippen LogP contribution < -0.4 is 5.32 Å². The van der Waals surface area contributed by atoms with Gasteiger partial charge < -0.3 is 5.32 Å². The first-order valence-electron chi connectivity index (χ1n) is 7.75. The summed E-state index contributed by atoms with van der Waals surface area (Å²) >= 11 is 0. The molecule has 0 aliphatic carbocycles. The molecule has 0 atom stereocenters. The van der Waals surface area contributed by atoms with Crippen molar-refractivity contribution in [3.8, 4) is 5.69 Å². The molecule has 22 heavy (non-hydrogen) atoms. The number of rotatable bonds is 4. The van der Waals surface area contributed by atoms with Crippen molar-refractivity contribution in [1.82, 2.24) is 20.0 Å². The zero-order valence-electron chi connectivity index (χ0n) is 13.3. The summed E-state index contributed by atoms with van der Waals surface area (Å²) in [6, 6.07) is 11.2. The van der Waals surface area contributed by atoms with Crippen molar-refractivity contribution in [2.24, 2.45) is 0 Å². The Morgan fingerprint density at radius 1 is 1.23 bits per heavy atom. The summed E-state index contributed by atoms with van der Waals surface area (Å²) in [5.74, 6) is 0. The quantitative estimate of drug-likeness (QED) is 0.940. The Kier molecular flexibility index (Phi) is 6.00. The van der Waals surface area contributed by atoms with E-state index in [0.717, 1.165) is 19.6 Å². The highest BCUT2D eigenvalue weighted by Crippen LogP contribution is 2.18. The minimum atomic E-state index is 0. The lowest BCUT2D eigenvalue weighted by atomic mass is 10.1. The van der Waals surface area contributed by atoms with Gasteiger partial charge in [0.15, 0.2) is 0 Å². The Labute approximate surface area is 138 Å². The Morgan fingerprint density at radius 3 is 2.68 bits per heavy atom. The van der Waals surface area contributed by atoms with Crippen LogP contribution in [-0.2, 0) is 6.54 Å². The molecule has 1 N–H and O–H groups in total. The highest BCUT2D eigenvalue weighted by Gasteiger charge is 2.19. The molecule has 0 amide bonds. The molecule has 2 heterocycles. The number of hydrogen-bond acceptors (Lipinski definition) is 3. The van der Waals surface area contributed by atoms with E-state index in [9.17, 15) is 0 Å². The molecule has 1 aromatic carbocycles. The van der Waals surface area contributed by atoms with Crippen LogP contribution in [0.2, 0.25) is 0 Å². The molecule has 1 aromatic heterocycles. The monoisotopic (exact) mass is 320 g/mol. The number of piperidine rings is 1. The molecule has 120 valence electrons. The minimum Gasteiger partial charge on any atom is -0.317 e. The number of benzene rings is 1. The number of halogens is 1. The summed E-state index contributed by atoms with van der Waals surface area (Å²) in [5, 5.41) is 7.95. The van der Waals surface area contributed by atoms with Crippen LogP contribution in [0.4, 0.5) is 0 Å². The van der Waals surface area contributed by atoms with E-state index in [1.54, 1.807) is 0 Å². The molecule has 5 heteroatoms. The lowest BCUT2D eigenvalue weighted by Gasteiger charge is -2.31. The third-order valence-electron chi connectivity index (χ3n) is 4.41. The van der Waals surface area contributed by atoms with Crippen molar-refractivity contribution in [2.45, 2.75) is 32.4 Å². The molecule has 0 radical (unpaired) electrons. The fraction of sp³-hybridized carbons (Fsp3) is 0.471. The summed E-state index contributed by atoms with van der Waals surface area (Å²) in [4.78, 5) is 2.46. The van der Waals surface area contributed by atoms with Crippen LogP contribution in [0.5, 0.6) is 0 Å². The molecule has 4 nitrogen and oxygen atoms in total. The molecule has 1 aliphatic rings. The second-order valence-corrected chi connectivity index (χ2v) is 5.92. The van der Waals surface area contributed by atoms with E-state index in [-0.39, 0.29) is 12.4 Å². The summed E-state index contributed by atoms with van der Waals surface area (Å²) in [7, 11) is 2.23. The standard InChI is InChI=1S/C17H24N4.ClH/c1-14-5-3-4-6-17(14)21-16(9-12-19-21)13-20(2)15-7-10-18-11-8-15;/h3-6,9,12,15,18H,7-8,10-11,13H2,1-2H3;1H. The van der Waals surface area contributed by atoms with Gasteiger partial charge in [0.2, 0.25) is 0 Å². The van der Waals surface area contributed by atoms with Crippen molar-refractivity contribution in [3.05, 3.63) is 47.8 Å². The maximum absolute atomic E-state index is 4.52. The van der Waals surface area contributed by atoms with Crippen LogP contribution in [0.3, 0.4) is 0 Å². The van der Waals surface area contributed by atoms with Gasteiger partial charge in [0.05, 0.1) is 11.4 Å². The SMILES string of the molecule is Cc1ccccc1-n1nccc1CN(C)C1CCNCC1.Cl. The van der Waals surface area contributed by atoms with E-state index < -0.39 is 0 Å². The highest BCUT2D eigenvalue weighted by atomic mass is 35.5. The maximum Gasteiger partial charge on any atom is 0.0678 e. The third-order valence-corrected chi connectivity index (χ3v) is 4.41. The summed E-state index contributed by atoms with van der Waals surface area (Å²) in [6.45, 7) is 5.34. The molecule has 0 bridgehead atoms. The van der Waals surface area contributed by atoms with Gasteiger partial charge in [-0.15, -0.1) is 12.4 Å². The smallest absolute Gasteiger partial charge is 0.0678 e. The van der Waals surface area contributed by atoms with E-state index in [4.69, 9.17) is 0 Å². The Bertz CT molecular complexity index is 590. The molecule has 0 spiro atoms. The third kappa shape index (κ3) is 3.69. The molecular formula is C17H25ClN4. The van der Waals surface area contributed by atoms with Gasteiger partial charge >= 0.3 is 0 Å². The average Bonchev–Trinajstić information content (AvgIpc) is 2.96. The van der Waals surface area contributed by atoms with Crippen molar-refractivity contribution in [1.29, 1.82) is 0 Å². The van der Waals surface area contributed by atoms with Crippen LogP contribution in [0.1, 0.15) is 24.1 Å². The van der Waals surface area contributed by atoms with Crippen LogP contribution in [-0.4, -0.2) is 40.9 Å². The lowest BCUT2D eigenvalue weighted by molar-refractivity contribution is 0.188. The zero-order chi connectivity index (χ0) is 14.7. The summed E-state index contributed by atoms with van der Waals surface area (Å²) < 4.78 is 2.08. The number of hydrogen-bond donors (Lipinski definition) is 1. The molecule has 3 rings (SSSR count). The predicted octanol–water partition coefficient (Wildman–Crippen LogP) is 2.79. The second kappa shape index (κ2) is 7.77. The van der Waals surface area contributed by atoms with Gasteiger partial charge in [-0.25, -0.2) is 4.68 Å². The Hall–Kier alpha value is -1.36. The van der Waals surface area contributed by atoms with E-state index in [1.807, 2.05) is 6.20 Å². The van der Waals surface area contributed by atoms with E-state index in [1.165, 1.54) is 29.8 Å². The summed E-state index contributed by atoms with van der Waals surface area (Å²) in [5.41, 5.74) is 3.69. The van der Waals surface area contributed by atoms with Crippen molar-refractivity contribution >= 4 is 12.4 Å². The Morgan fingerprint density at radius 2 is 1.95 bits per heavy atom. The van der Waals surface area contributed by atoms with Gasteiger partial charge in [-0.3, -0.25) is 4.90 Å². The van der Waals surface area contributed by atoms with Crippen molar-refractivity contribution in [3.63, 3.8) is 0 Å². The normalized spacial score (nSPS) is 15.8. The van der Waals surface area contributed by atoms with Gasteiger partial charge in [0.1, 0.15) is 0 Å². The molecule has 2 aromatic rings. The average molecular weight is 321 g/mol.